The summed E-state index contributed by atoms with van der Waals surface area (Å²) in [5, 5.41) is 15.1. The number of aromatic nitrogens is 1. The van der Waals surface area contributed by atoms with E-state index in [1.807, 2.05) is 19.1 Å². The van der Waals surface area contributed by atoms with Crippen LogP contribution < -0.4 is 24.2 Å². The van der Waals surface area contributed by atoms with Gasteiger partial charge in [0.25, 0.3) is 5.91 Å². The first-order valence-corrected chi connectivity index (χ1v) is 25.3. The molecule has 3 aromatic rings. The Morgan fingerprint density at radius 3 is 2.45 bits per heavy atom. The molecule has 3 heterocycles. The van der Waals surface area contributed by atoms with Crippen molar-refractivity contribution in [3.63, 3.8) is 0 Å². The average Bonchev–Trinajstić information content (AvgIpc) is 4.23. The number of halogens is 1. The highest BCUT2D eigenvalue weighted by Crippen LogP contribution is 2.54. The molecule has 3 N–H and O–H groups in total. The van der Waals surface area contributed by atoms with E-state index in [0.717, 1.165) is 12.8 Å². The Morgan fingerprint density at radius 1 is 1.03 bits per heavy atom. The number of amides is 4. The van der Waals surface area contributed by atoms with E-state index >= 15 is 9.18 Å². The fourth-order valence-corrected chi connectivity index (χ4v) is 12.2. The number of fused-ring (bicyclic) bond motifs is 4. The van der Waals surface area contributed by atoms with Crippen LogP contribution in [0.25, 0.3) is 22.0 Å². The van der Waals surface area contributed by atoms with Crippen molar-refractivity contribution in [1.29, 1.82) is 0 Å². The fourth-order valence-electron chi connectivity index (χ4n) is 10.9. The van der Waals surface area contributed by atoms with Crippen molar-refractivity contribution in [2.24, 2.45) is 29.6 Å². The maximum Gasteiger partial charge on any atom is 0.408 e. The zero-order valence-electron chi connectivity index (χ0n) is 39.0. The molecule has 1 aromatic heterocycles. The van der Waals surface area contributed by atoms with Crippen LogP contribution in [0.2, 0.25) is 0 Å². The topological polar surface area (TPSA) is 194 Å². The molecule has 2 aliphatic heterocycles. The van der Waals surface area contributed by atoms with Gasteiger partial charge in [-0.1, -0.05) is 26.0 Å². The fraction of sp³-hybridized carbons (Fsp3) is 0.580. The highest BCUT2D eigenvalue weighted by atomic mass is 32.2. The van der Waals surface area contributed by atoms with E-state index in [-0.39, 0.29) is 49.1 Å². The summed E-state index contributed by atoms with van der Waals surface area (Å²) in [5.41, 5.74) is -0.792. The number of carboxylic acid groups (broad SMARTS) is 1. The smallest absolute Gasteiger partial charge is 0.408 e. The lowest BCUT2D eigenvalue weighted by atomic mass is 9.86. The average molecular weight is 944 g/mol. The molecule has 15 nitrogen and oxygen atoms in total. The lowest BCUT2D eigenvalue weighted by Gasteiger charge is -2.40. The van der Waals surface area contributed by atoms with Crippen molar-refractivity contribution in [2.75, 3.05) is 13.7 Å². The summed E-state index contributed by atoms with van der Waals surface area (Å²) in [4.78, 5) is 65.7. The van der Waals surface area contributed by atoms with Gasteiger partial charge in [-0.15, -0.1) is 0 Å². The number of pyridine rings is 1. The Labute approximate surface area is 391 Å². The molecule has 9 rings (SSSR count). The molecule has 4 amide bonds. The first-order valence-electron chi connectivity index (χ1n) is 23.8. The van der Waals surface area contributed by atoms with Crippen LogP contribution in [0.3, 0.4) is 0 Å². The van der Waals surface area contributed by atoms with Crippen LogP contribution in [0.5, 0.6) is 17.4 Å². The third-order valence-corrected chi connectivity index (χ3v) is 17.4. The third-order valence-electron chi connectivity index (χ3n) is 15.2. The van der Waals surface area contributed by atoms with Crippen molar-refractivity contribution < 1.29 is 51.3 Å². The van der Waals surface area contributed by atoms with E-state index in [1.54, 1.807) is 58.2 Å². The number of hydrogen-bond acceptors (Lipinski definition) is 10. The van der Waals surface area contributed by atoms with Gasteiger partial charge in [0.1, 0.15) is 29.5 Å². The van der Waals surface area contributed by atoms with Crippen molar-refractivity contribution in [3.05, 3.63) is 60.4 Å². The first kappa shape index (κ1) is 46.7. The normalized spacial score (nSPS) is 31.6. The van der Waals surface area contributed by atoms with Crippen LogP contribution in [0.4, 0.5) is 9.18 Å². The van der Waals surface area contributed by atoms with Gasteiger partial charge in [-0.3, -0.25) is 24.0 Å². The SMILES string of the molecule is COc1ccc2c(O[C@@H]3C[C@H]4C(=O)N[C@]5(C(=O)NS(=O)(=O)C6(C)CC6)C[C@H]5/C=C\CC[C@H](C)C[C@@H](C)[C@H](N(C(=O)O)[C@H]5CC6C[C@H]6C5)C(=O)N4C3)nc(-c3ccc(OC(C)C)c(F)c3)cc2c1. The Morgan fingerprint density at radius 2 is 1.78 bits per heavy atom. The summed E-state index contributed by atoms with van der Waals surface area (Å²) in [6.45, 7) is 9.05. The van der Waals surface area contributed by atoms with Gasteiger partial charge in [0, 0.05) is 29.3 Å². The highest BCUT2D eigenvalue weighted by molar-refractivity contribution is 7.91. The number of hydrogen-bond donors (Lipinski definition) is 3. The van der Waals surface area contributed by atoms with Gasteiger partial charge >= 0.3 is 6.09 Å². The van der Waals surface area contributed by atoms with Crippen molar-refractivity contribution >= 4 is 44.6 Å². The summed E-state index contributed by atoms with van der Waals surface area (Å²) < 4.78 is 61.3. The van der Waals surface area contributed by atoms with Gasteiger partial charge in [0.15, 0.2) is 11.6 Å². The van der Waals surface area contributed by atoms with E-state index in [9.17, 15) is 27.9 Å². The minimum absolute atomic E-state index is 0.0658. The number of carbonyl (C=O) groups excluding carboxylic acids is 3. The van der Waals surface area contributed by atoms with E-state index in [0.29, 0.717) is 78.1 Å². The number of nitrogens with one attached hydrogen (secondary N) is 2. The molecule has 6 aliphatic rings. The Hall–Kier alpha value is -5.45. The maximum absolute atomic E-state index is 15.5. The van der Waals surface area contributed by atoms with E-state index in [2.05, 4.69) is 17.0 Å². The standard InChI is InChI=1S/C50H62FN5O10S/c1-27(2)65-42-14-11-30(22-39(42)51)40-23-33-21-36(64-6)12-13-38(33)45(52-40)66-37-24-41-44(57)53-50(47(59)54-67(62,63)49(5)15-16-49)25-34(50)10-8-7-9-28(3)17-29(4)43(46(58)55(41)26-37)56(48(60)61)35-19-31-18-32(31)20-35/h8,10-14,21-23,27-29,31-32,34-35,37,41,43H,7,9,15-20,24-26H2,1-6H3,(H,53,57)(H,54,59)(H,60,61)/b10-8-/t28-,29+,31-,32?,34+,35+,37+,41-,43-,50+/m0/s1. The molecule has 1 saturated heterocycles. The second kappa shape index (κ2) is 17.6. The van der Waals surface area contributed by atoms with Gasteiger partial charge < -0.3 is 29.5 Å². The third kappa shape index (κ3) is 9.16. The van der Waals surface area contributed by atoms with E-state index < -0.39 is 80.0 Å². The monoisotopic (exact) mass is 943 g/mol. The number of methoxy groups -OCH3 is 1. The van der Waals surface area contributed by atoms with E-state index in [1.165, 1.54) is 21.9 Å². The zero-order valence-corrected chi connectivity index (χ0v) is 39.8. The minimum Gasteiger partial charge on any atom is -0.497 e. The predicted octanol–water partition coefficient (Wildman–Crippen LogP) is 7.22. The molecule has 0 bridgehead atoms. The number of nitrogens with zero attached hydrogens (tertiary/aromatic N) is 3. The van der Waals surface area contributed by atoms with Crippen LogP contribution in [-0.4, -0.2) is 106 Å². The van der Waals surface area contributed by atoms with Crippen molar-refractivity contribution in [3.8, 4) is 28.6 Å². The minimum atomic E-state index is -4.07. The molecular weight excluding hydrogens is 882 g/mol. The zero-order chi connectivity index (χ0) is 47.7. The van der Waals surface area contributed by atoms with Crippen LogP contribution in [0, 0.1) is 35.4 Å². The second-order valence-electron chi connectivity index (χ2n) is 20.7. The summed E-state index contributed by atoms with van der Waals surface area (Å²) >= 11 is 0. The lowest BCUT2D eigenvalue weighted by molar-refractivity contribution is -0.145. The predicted molar refractivity (Wildman–Crippen MR) is 247 cm³/mol. The molecule has 4 aliphatic carbocycles. The van der Waals surface area contributed by atoms with Gasteiger partial charge in [-0.2, -0.15) is 0 Å². The highest BCUT2D eigenvalue weighted by Gasteiger charge is 2.63. The van der Waals surface area contributed by atoms with Crippen LogP contribution in [0.15, 0.2) is 54.6 Å². The molecule has 0 spiro atoms. The number of ether oxygens (including phenoxy) is 3. The molecule has 17 heteroatoms. The summed E-state index contributed by atoms with van der Waals surface area (Å²) in [7, 11) is -2.52. The molecule has 1 unspecified atom stereocenters. The van der Waals surface area contributed by atoms with Gasteiger partial charge in [0.2, 0.25) is 27.7 Å². The second-order valence-corrected chi connectivity index (χ2v) is 22.9. The molecule has 360 valence electrons. The van der Waals surface area contributed by atoms with Crippen LogP contribution in [0.1, 0.15) is 98.8 Å². The number of carbonyl (C=O) groups is 4. The lowest BCUT2D eigenvalue weighted by Crippen LogP contribution is -2.61. The van der Waals surface area contributed by atoms with Crippen LogP contribution >= 0.6 is 0 Å². The van der Waals surface area contributed by atoms with Crippen molar-refractivity contribution in [1.82, 2.24) is 24.8 Å². The summed E-state index contributed by atoms with van der Waals surface area (Å²) in [6, 6.07) is 8.95. The maximum atomic E-state index is 15.5. The molecule has 2 aromatic carbocycles. The molecule has 5 fully saturated rings. The summed E-state index contributed by atoms with van der Waals surface area (Å²) in [6.07, 6.45) is 6.70. The number of allylic oxidation sites excluding steroid dienone is 1. The van der Waals surface area contributed by atoms with E-state index in [4.69, 9.17) is 19.2 Å². The first-order chi connectivity index (χ1) is 31.8. The largest absolute Gasteiger partial charge is 0.497 e. The summed E-state index contributed by atoms with van der Waals surface area (Å²) in [5.74, 6) is -1.83. The number of sulfonamides is 1. The Bertz CT molecular complexity index is 2610. The quantitative estimate of drug-likeness (QED) is 0.164. The number of rotatable bonds is 11. The van der Waals surface area contributed by atoms with Gasteiger partial charge in [0.05, 0.1) is 30.2 Å². The van der Waals surface area contributed by atoms with Gasteiger partial charge in [-0.25, -0.2) is 22.6 Å². The number of benzene rings is 2. The van der Waals surface area contributed by atoms with Crippen molar-refractivity contribution in [2.45, 2.75) is 139 Å². The molecule has 4 saturated carbocycles. The molecule has 10 atom stereocenters. The van der Waals surface area contributed by atoms with Gasteiger partial charge in [-0.05, 0) is 150 Å². The molecule has 0 radical (unpaired) electrons. The molecule has 67 heavy (non-hydrogen) atoms. The Balaban J connectivity index is 1.10. The van der Waals surface area contributed by atoms with Crippen LogP contribution in [-0.2, 0) is 24.4 Å². The Kier molecular flexibility index (Phi) is 12.2. The molecular formula is C50H62FN5O10S.